The first kappa shape index (κ1) is 16.2. The van der Waals surface area contributed by atoms with Crippen molar-refractivity contribution in [2.75, 3.05) is 0 Å². The fourth-order valence-corrected chi connectivity index (χ4v) is 3.14. The van der Waals surface area contributed by atoms with E-state index in [9.17, 15) is 0 Å². The maximum absolute atomic E-state index is 6.17. The lowest BCUT2D eigenvalue weighted by Gasteiger charge is -2.15. The predicted molar refractivity (Wildman–Crippen MR) is 108 cm³/mol. The highest BCUT2D eigenvalue weighted by atomic mass is 16.5. The molecule has 0 atom stereocenters. The van der Waals surface area contributed by atoms with Crippen LogP contribution in [0.25, 0.3) is 22.3 Å². The summed E-state index contributed by atoms with van der Waals surface area (Å²) in [6.07, 6.45) is 0. The molecule has 0 N–H and O–H groups in total. The van der Waals surface area contributed by atoms with E-state index < -0.39 is 0 Å². The van der Waals surface area contributed by atoms with Gasteiger partial charge in [-0.2, -0.15) is 0 Å². The zero-order chi connectivity index (χ0) is 17.6. The first-order chi connectivity index (χ1) is 12.9. The Balaban J connectivity index is 1.71. The summed E-state index contributed by atoms with van der Waals surface area (Å²) in [7, 11) is 0. The Morgan fingerprint density at radius 2 is 1.00 bits per heavy atom. The van der Waals surface area contributed by atoms with Crippen LogP contribution in [-0.2, 0) is 6.61 Å². The molecule has 0 amide bonds. The van der Waals surface area contributed by atoms with Gasteiger partial charge in [-0.1, -0.05) is 103 Å². The van der Waals surface area contributed by atoms with E-state index in [1.54, 1.807) is 0 Å². The second kappa shape index (κ2) is 7.71. The van der Waals surface area contributed by atoms with Gasteiger partial charge in [0, 0.05) is 5.56 Å². The van der Waals surface area contributed by atoms with Crippen LogP contribution in [0.1, 0.15) is 5.56 Å². The Kier molecular flexibility index (Phi) is 4.79. The molecular formula is C25H20O. The summed E-state index contributed by atoms with van der Waals surface area (Å²) in [6, 6.07) is 37.5. The van der Waals surface area contributed by atoms with Crippen molar-refractivity contribution in [3.8, 4) is 28.0 Å². The van der Waals surface area contributed by atoms with E-state index >= 15 is 0 Å². The highest BCUT2D eigenvalue weighted by Gasteiger charge is 2.11. The molecule has 0 fully saturated rings. The van der Waals surface area contributed by atoms with E-state index in [4.69, 9.17) is 4.74 Å². The largest absolute Gasteiger partial charge is 0.488 e. The molecule has 0 aliphatic rings. The number of hydrogen-bond donors (Lipinski definition) is 0. The quantitative estimate of drug-likeness (QED) is 0.399. The molecule has 0 saturated carbocycles. The maximum Gasteiger partial charge on any atom is 0.127 e. The summed E-state index contributed by atoms with van der Waals surface area (Å²) in [5.41, 5.74) is 5.88. The van der Waals surface area contributed by atoms with Crippen molar-refractivity contribution < 1.29 is 4.74 Å². The molecule has 4 aromatic carbocycles. The fraction of sp³-hybridized carbons (Fsp3) is 0.0400. The van der Waals surface area contributed by atoms with Crippen molar-refractivity contribution in [2.24, 2.45) is 0 Å². The summed E-state index contributed by atoms with van der Waals surface area (Å²) in [5.74, 6) is 0.903. The Morgan fingerprint density at radius 3 is 1.73 bits per heavy atom. The SMILES string of the molecule is c1ccc(COc2ccccc2-c2ccccc2-c2ccccc2)cc1. The van der Waals surface area contributed by atoms with Crippen LogP contribution in [0.4, 0.5) is 0 Å². The Hall–Kier alpha value is -3.32. The average molecular weight is 336 g/mol. The van der Waals surface area contributed by atoms with Crippen molar-refractivity contribution in [3.05, 3.63) is 115 Å². The standard InChI is InChI=1S/C25H20O/c1-3-11-20(12-4-1)19-26-25-18-10-9-17-24(25)23-16-8-7-15-22(23)21-13-5-2-6-14-21/h1-18H,19H2. The fourth-order valence-electron chi connectivity index (χ4n) is 3.14. The van der Waals surface area contributed by atoms with Gasteiger partial charge in [-0.15, -0.1) is 0 Å². The Labute approximate surface area is 154 Å². The highest BCUT2D eigenvalue weighted by molar-refractivity contribution is 5.85. The number of benzene rings is 4. The van der Waals surface area contributed by atoms with Gasteiger partial charge in [0.15, 0.2) is 0 Å². The van der Waals surface area contributed by atoms with Gasteiger partial charge in [0.2, 0.25) is 0 Å². The van der Waals surface area contributed by atoms with Crippen LogP contribution in [-0.4, -0.2) is 0 Å². The van der Waals surface area contributed by atoms with Gasteiger partial charge < -0.3 is 4.74 Å². The molecule has 0 bridgehead atoms. The third-order valence-corrected chi connectivity index (χ3v) is 4.43. The van der Waals surface area contributed by atoms with Crippen molar-refractivity contribution >= 4 is 0 Å². The van der Waals surface area contributed by atoms with E-state index in [2.05, 4.69) is 72.8 Å². The first-order valence-electron chi connectivity index (χ1n) is 8.82. The van der Waals surface area contributed by atoms with Crippen molar-refractivity contribution in [2.45, 2.75) is 6.61 Å². The lowest BCUT2D eigenvalue weighted by atomic mass is 9.94. The molecule has 126 valence electrons. The van der Waals surface area contributed by atoms with Gasteiger partial charge >= 0.3 is 0 Å². The van der Waals surface area contributed by atoms with Gasteiger partial charge in [0.25, 0.3) is 0 Å². The molecule has 0 spiro atoms. The smallest absolute Gasteiger partial charge is 0.127 e. The molecule has 4 rings (SSSR count). The minimum atomic E-state index is 0.561. The summed E-state index contributed by atoms with van der Waals surface area (Å²) < 4.78 is 6.17. The molecular weight excluding hydrogens is 316 g/mol. The number of rotatable bonds is 5. The van der Waals surface area contributed by atoms with Crippen molar-refractivity contribution in [1.29, 1.82) is 0 Å². The number of para-hydroxylation sites is 1. The molecule has 0 aromatic heterocycles. The van der Waals surface area contributed by atoms with Gasteiger partial charge in [0.05, 0.1) is 0 Å². The molecule has 0 saturated heterocycles. The van der Waals surface area contributed by atoms with Crippen LogP contribution in [0.2, 0.25) is 0 Å². The van der Waals surface area contributed by atoms with E-state index in [0.29, 0.717) is 6.61 Å². The lowest BCUT2D eigenvalue weighted by molar-refractivity contribution is 0.307. The molecule has 1 nitrogen and oxygen atoms in total. The van der Waals surface area contributed by atoms with Crippen LogP contribution >= 0.6 is 0 Å². The molecule has 1 heteroatoms. The summed E-state index contributed by atoms with van der Waals surface area (Å²) >= 11 is 0. The maximum atomic E-state index is 6.17. The van der Waals surface area contributed by atoms with E-state index in [-0.39, 0.29) is 0 Å². The molecule has 26 heavy (non-hydrogen) atoms. The normalized spacial score (nSPS) is 10.5. The van der Waals surface area contributed by atoms with Gasteiger partial charge in [0.1, 0.15) is 12.4 Å². The number of ether oxygens (including phenoxy) is 1. The van der Waals surface area contributed by atoms with Crippen LogP contribution in [0, 0.1) is 0 Å². The van der Waals surface area contributed by atoms with Crippen LogP contribution in [0.5, 0.6) is 5.75 Å². The second-order valence-electron chi connectivity index (χ2n) is 6.18. The lowest BCUT2D eigenvalue weighted by Crippen LogP contribution is -1.97. The minimum absolute atomic E-state index is 0.561. The zero-order valence-corrected chi connectivity index (χ0v) is 14.5. The van der Waals surface area contributed by atoms with Crippen molar-refractivity contribution in [1.82, 2.24) is 0 Å². The Morgan fingerprint density at radius 1 is 0.462 bits per heavy atom. The molecule has 0 unspecified atom stereocenters. The zero-order valence-electron chi connectivity index (χ0n) is 14.5. The average Bonchev–Trinajstić information content (AvgIpc) is 2.74. The molecule has 0 aliphatic carbocycles. The third-order valence-electron chi connectivity index (χ3n) is 4.43. The van der Waals surface area contributed by atoms with Gasteiger partial charge in [-0.25, -0.2) is 0 Å². The molecule has 0 heterocycles. The predicted octanol–water partition coefficient (Wildman–Crippen LogP) is 6.60. The Bertz CT molecular complexity index is 975. The van der Waals surface area contributed by atoms with Crippen molar-refractivity contribution in [3.63, 3.8) is 0 Å². The first-order valence-corrected chi connectivity index (χ1v) is 8.82. The third kappa shape index (κ3) is 3.52. The van der Waals surface area contributed by atoms with Crippen LogP contribution in [0.15, 0.2) is 109 Å². The van der Waals surface area contributed by atoms with E-state index in [1.165, 1.54) is 22.3 Å². The number of hydrogen-bond acceptors (Lipinski definition) is 1. The summed E-state index contributed by atoms with van der Waals surface area (Å²) in [6.45, 7) is 0.561. The van der Waals surface area contributed by atoms with Crippen LogP contribution in [0.3, 0.4) is 0 Å². The highest BCUT2D eigenvalue weighted by Crippen LogP contribution is 2.37. The van der Waals surface area contributed by atoms with Crippen LogP contribution < -0.4 is 4.74 Å². The molecule has 0 radical (unpaired) electrons. The van der Waals surface area contributed by atoms with E-state index in [0.717, 1.165) is 11.3 Å². The van der Waals surface area contributed by atoms with E-state index in [1.807, 2.05) is 36.4 Å². The second-order valence-corrected chi connectivity index (χ2v) is 6.18. The monoisotopic (exact) mass is 336 g/mol. The van der Waals surface area contributed by atoms with Gasteiger partial charge in [-0.3, -0.25) is 0 Å². The summed E-state index contributed by atoms with van der Waals surface area (Å²) in [5, 5.41) is 0. The molecule has 0 aliphatic heterocycles. The molecule has 4 aromatic rings. The summed E-state index contributed by atoms with van der Waals surface area (Å²) in [4.78, 5) is 0. The topological polar surface area (TPSA) is 9.23 Å². The minimum Gasteiger partial charge on any atom is -0.488 e. The van der Waals surface area contributed by atoms with Gasteiger partial charge in [-0.05, 0) is 28.3 Å².